The maximum absolute atomic E-state index is 6.46. The van der Waals surface area contributed by atoms with Gasteiger partial charge in [0.1, 0.15) is 10.8 Å². The quantitative estimate of drug-likeness (QED) is 0.268. The average Bonchev–Trinajstić information content (AvgIpc) is 3.59. The van der Waals surface area contributed by atoms with E-state index in [0.29, 0.717) is 22.8 Å². The number of benzene rings is 2. The molecule has 3 heterocycles. The Hall–Kier alpha value is -3.42. The van der Waals surface area contributed by atoms with Crippen molar-refractivity contribution in [1.29, 1.82) is 0 Å². The van der Waals surface area contributed by atoms with Gasteiger partial charge in [-0.05, 0) is 87.0 Å². The third kappa shape index (κ3) is 4.94. The van der Waals surface area contributed by atoms with Gasteiger partial charge in [0.05, 0.1) is 11.9 Å². The Balaban J connectivity index is 1.19. The van der Waals surface area contributed by atoms with E-state index in [1.807, 2.05) is 24.3 Å². The topological polar surface area (TPSA) is 81.8 Å². The molecule has 0 spiro atoms. The first-order chi connectivity index (χ1) is 17.7. The van der Waals surface area contributed by atoms with Crippen LogP contribution < -0.4 is 10.6 Å². The highest BCUT2D eigenvalue weighted by molar-refractivity contribution is 6.33. The Morgan fingerprint density at radius 3 is 2.61 bits per heavy atom. The number of aryl methyl sites for hydroxylation is 2. The molecule has 184 valence electrons. The molecule has 1 unspecified atom stereocenters. The summed E-state index contributed by atoms with van der Waals surface area (Å²) in [5.74, 6) is 1.82. The molecule has 1 fully saturated rings. The number of hydrogen-bond acceptors (Lipinski definition) is 6. The zero-order chi connectivity index (χ0) is 24.3. The van der Waals surface area contributed by atoms with Crippen molar-refractivity contribution in [3.05, 3.63) is 77.2 Å². The molecule has 1 atom stereocenters. The van der Waals surface area contributed by atoms with Crippen molar-refractivity contribution in [3.63, 3.8) is 0 Å². The van der Waals surface area contributed by atoms with Gasteiger partial charge >= 0.3 is 0 Å². The van der Waals surface area contributed by atoms with Gasteiger partial charge in [-0.3, -0.25) is 0 Å². The lowest BCUT2D eigenvalue weighted by molar-refractivity contribution is 0.222. The lowest BCUT2D eigenvalue weighted by Crippen LogP contribution is -2.32. The van der Waals surface area contributed by atoms with Crippen molar-refractivity contribution in [2.75, 3.05) is 23.7 Å². The Morgan fingerprint density at radius 2 is 1.78 bits per heavy atom. The van der Waals surface area contributed by atoms with Crippen LogP contribution in [0.25, 0.3) is 11.4 Å². The smallest absolute Gasteiger partial charge is 0.229 e. The molecule has 1 aliphatic carbocycles. The van der Waals surface area contributed by atoms with Crippen LogP contribution in [0.3, 0.4) is 0 Å². The predicted octanol–water partition coefficient (Wildman–Crippen LogP) is 6.35. The van der Waals surface area contributed by atoms with E-state index in [2.05, 4.69) is 53.7 Å². The van der Waals surface area contributed by atoms with Crippen molar-refractivity contribution >= 4 is 34.7 Å². The number of nitrogens with zero attached hydrogens (tertiary/aromatic N) is 4. The number of H-pyrrole nitrogens is 1. The summed E-state index contributed by atoms with van der Waals surface area (Å²) in [4.78, 5) is 19.3. The fourth-order valence-corrected chi connectivity index (χ4v) is 5.56. The lowest BCUT2D eigenvalue weighted by atomic mass is 10.0. The molecule has 0 saturated carbocycles. The minimum atomic E-state index is 0.449. The highest BCUT2D eigenvalue weighted by Gasteiger charge is 2.24. The lowest BCUT2D eigenvalue weighted by Gasteiger charge is -2.25. The highest BCUT2D eigenvalue weighted by atomic mass is 35.5. The molecule has 4 aromatic rings. The number of para-hydroxylation sites is 1. The van der Waals surface area contributed by atoms with E-state index in [1.165, 1.54) is 49.9 Å². The minimum absolute atomic E-state index is 0.449. The summed E-state index contributed by atoms with van der Waals surface area (Å²) in [6.07, 6.45) is 12.6. The maximum atomic E-state index is 6.46. The molecule has 36 heavy (non-hydrogen) atoms. The number of nitrogens with one attached hydrogen (secondary N) is 3. The number of rotatable bonds is 6. The summed E-state index contributed by atoms with van der Waals surface area (Å²) in [6.45, 7) is 2.54. The summed E-state index contributed by atoms with van der Waals surface area (Å²) >= 11 is 6.46. The molecule has 0 bridgehead atoms. The van der Waals surface area contributed by atoms with Gasteiger partial charge in [0.25, 0.3) is 0 Å². The van der Waals surface area contributed by atoms with E-state index < -0.39 is 0 Å². The first-order valence-corrected chi connectivity index (χ1v) is 13.1. The molecule has 1 saturated heterocycles. The van der Waals surface area contributed by atoms with Crippen LogP contribution >= 0.6 is 11.6 Å². The molecule has 2 aliphatic rings. The first kappa shape index (κ1) is 23.0. The van der Waals surface area contributed by atoms with E-state index >= 15 is 0 Å². The van der Waals surface area contributed by atoms with Crippen molar-refractivity contribution in [2.24, 2.45) is 0 Å². The molecule has 3 N–H and O–H groups in total. The van der Waals surface area contributed by atoms with Gasteiger partial charge in [-0.25, -0.2) is 9.97 Å². The van der Waals surface area contributed by atoms with Gasteiger partial charge in [0, 0.05) is 29.7 Å². The molecule has 2 aromatic heterocycles. The molecule has 0 radical (unpaired) electrons. The van der Waals surface area contributed by atoms with Crippen LogP contribution in [0.2, 0.25) is 5.02 Å². The Labute approximate surface area is 216 Å². The van der Waals surface area contributed by atoms with E-state index in [4.69, 9.17) is 11.6 Å². The van der Waals surface area contributed by atoms with Crippen molar-refractivity contribution in [2.45, 2.75) is 44.6 Å². The monoisotopic (exact) mass is 499 g/mol. The van der Waals surface area contributed by atoms with Gasteiger partial charge in [-0.1, -0.05) is 29.8 Å². The Morgan fingerprint density at radius 1 is 0.944 bits per heavy atom. The number of aromatic amines is 1. The average molecular weight is 500 g/mol. The number of likely N-dealkylation sites (tertiary alicyclic amines) is 1. The van der Waals surface area contributed by atoms with Gasteiger partial charge in [0.15, 0.2) is 5.82 Å². The zero-order valence-electron chi connectivity index (χ0n) is 20.2. The number of imidazole rings is 1. The maximum Gasteiger partial charge on any atom is 0.229 e. The number of anilines is 4. The predicted molar refractivity (Wildman–Crippen MR) is 145 cm³/mol. The van der Waals surface area contributed by atoms with Crippen LogP contribution in [0.4, 0.5) is 23.1 Å². The second-order valence-electron chi connectivity index (χ2n) is 9.58. The van der Waals surface area contributed by atoms with E-state index in [1.54, 1.807) is 18.6 Å². The third-order valence-corrected chi connectivity index (χ3v) is 7.57. The van der Waals surface area contributed by atoms with Gasteiger partial charge < -0.3 is 20.5 Å². The van der Waals surface area contributed by atoms with Crippen molar-refractivity contribution in [3.8, 4) is 11.4 Å². The SMILES string of the molecule is Clc1cnc(Nc2ccc3c(c2)CCC(N2CCCC2)CC3)nc1Nc1ccccc1-c1ncc[nH]1. The summed E-state index contributed by atoms with van der Waals surface area (Å²) in [5.41, 5.74) is 5.69. The van der Waals surface area contributed by atoms with Crippen LogP contribution in [0.1, 0.15) is 36.8 Å². The molecule has 7 nitrogen and oxygen atoms in total. The minimum Gasteiger partial charge on any atom is -0.345 e. The fourth-order valence-electron chi connectivity index (χ4n) is 5.42. The summed E-state index contributed by atoms with van der Waals surface area (Å²) in [7, 11) is 0. The fraction of sp³-hybridized carbons (Fsp3) is 0.321. The van der Waals surface area contributed by atoms with Gasteiger partial charge in [0.2, 0.25) is 5.95 Å². The Bertz CT molecular complexity index is 1330. The number of halogens is 1. The highest BCUT2D eigenvalue weighted by Crippen LogP contribution is 2.32. The van der Waals surface area contributed by atoms with Crippen LogP contribution in [-0.4, -0.2) is 44.0 Å². The third-order valence-electron chi connectivity index (χ3n) is 7.29. The standard InChI is InChI=1S/C28H30ClN7/c29-24-18-32-28(35-27(24)34-25-6-2-1-5-23(25)26-30-13-14-31-26)33-21-10-7-19-8-11-22(12-9-20(19)17-21)36-15-3-4-16-36/h1-2,5-7,10,13-14,17-18,22H,3-4,8-9,11-12,15-16H2,(H,30,31)(H2,32,33,34,35). The number of aromatic nitrogens is 4. The van der Waals surface area contributed by atoms with Crippen molar-refractivity contribution < 1.29 is 0 Å². The van der Waals surface area contributed by atoms with E-state index in [9.17, 15) is 0 Å². The summed E-state index contributed by atoms with van der Waals surface area (Å²) in [6, 6.07) is 15.3. The van der Waals surface area contributed by atoms with E-state index in [-0.39, 0.29) is 0 Å². The van der Waals surface area contributed by atoms with Crippen LogP contribution in [0.15, 0.2) is 61.1 Å². The molecule has 6 rings (SSSR count). The molecule has 0 amide bonds. The Kier molecular flexibility index (Phi) is 6.57. The summed E-state index contributed by atoms with van der Waals surface area (Å²) in [5, 5.41) is 7.19. The zero-order valence-corrected chi connectivity index (χ0v) is 20.9. The number of fused-ring (bicyclic) bond motifs is 1. The molecule has 8 heteroatoms. The van der Waals surface area contributed by atoms with Crippen LogP contribution in [0.5, 0.6) is 0 Å². The first-order valence-electron chi connectivity index (χ1n) is 12.7. The van der Waals surface area contributed by atoms with Crippen LogP contribution in [-0.2, 0) is 12.8 Å². The molecule has 1 aliphatic heterocycles. The molecular weight excluding hydrogens is 470 g/mol. The van der Waals surface area contributed by atoms with Gasteiger partial charge in [-0.15, -0.1) is 0 Å². The van der Waals surface area contributed by atoms with Crippen molar-refractivity contribution in [1.82, 2.24) is 24.8 Å². The van der Waals surface area contributed by atoms with E-state index in [0.717, 1.165) is 35.6 Å². The molecule has 2 aromatic carbocycles. The normalized spacial score (nSPS) is 18.0. The summed E-state index contributed by atoms with van der Waals surface area (Å²) < 4.78 is 0. The van der Waals surface area contributed by atoms with Crippen LogP contribution in [0, 0.1) is 0 Å². The second-order valence-corrected chi connectivity index (χ2v) is 9.99. The van der Waals surface area contributed by atoms with Gasteiger partial charge in [-0.2, -0.15) is 4.98 Å². The second kappa shape index (κ2) is 10.3. The number of hydrogen-bond donors (Lipinski definition) is 3. The molecular formula is C28H30ClN7. The largest absolute Gasteiger partial charge is 0.345 e.